The maximum Gasteiger partial charge on any atom is 0.270 e. The Labute approximate surface area is 142 Å². The Balaban J connectivity index is 1.61. The molecule has 2 aliphatic rings. The summed E-state index contributed by atoms with van der Waals surface area (Å²) in [6.45, 7) is 1.39. The molecule has 0 unspecified atom stereocenters. The van der Waals surface area contributed by atoms with E-state index in [2.05, 4.69) is 0 Å². The van der Waals surface area contributed by atoms with Crippen molar-refractivity contribution in [2.45, 2.75) is 24.9 Å². The second-order valence-electron chi connectivity index (χ2n) is 7.26. The van der Waals surface area contributed by atoms with Crippen LogP contribution in [0.4, 0.5) is 0 Å². The number of aryl methyl sites for hydroxylation is 1. The Kier molecular flexibility index (Phi) is 3.72. The maximum atomic E-state index is 12.8. The van der Waals surface area contributed by atoms with Crippen LogP contribution in [0.15, 0.2) is 48.7 Å². The number of fused-ring (bicyclic) bond motifs is 1. The predicted molar refractivity (Wildman–Crippen MR) is 92.5 cm³/mol. The quantitative estimate of drug-likeness (QED) is 0.923. The van der Waals surface area contributed by atoms with Gasteiger partial charge in [-0.05, 0) is 42.9 Å². The van der Waals surface area contributed by atoms with E-state index in [1.165, 1.54) is 0 Å². The summed E-state index contributed by atoms with van der Waals surface area (Å²) in [4.78, 5) is 14.8. The number of hydrogen-bond donors (Lipinski definition) is 1. The summed E-state index contributed by atoms with van der Waals surface area (Å²) < 4.78 is 1.87. The first-order valence-corrected chi connectivity index (χ1v) is 8.78. The van der Waals surface area contributed by atoms with Crippen LogP contribution in [0.5, 0.6) is 0 Å². The van der Waals surface area contributed by atoms with Crippen molar-refractivity contribution >= 4 is 5.91 Å². The Bertz CT molecular complexity index is 739. The van der Waals surface area contributed by atoms with Gasteiger partial charge in [0.1, 0.15) is 5.69 Å². The summed E-state index contributed by atoms with van der Waals surface area (Å²) in [5, 5.41) is 11.5. The number of aromatic nitrogens is 1. The van der Waals surface area contributed by atoms with Gasteiger partial charge in [-0.1, -0.05) is 30.3 Å². The maximum absolute atomic E-state index is 12.8. The number of benzene rings is 1. The summed E-state index contributed by atoms with van der Waals surface area (Å²) in [7, 11) is 1.90. The Morgan fingerprint density at radius 2 is 1.96 bits per heavy atom. The molecule has 1 N–H and O–H groups in total. The van der Waals surface area contributed by atoms with Crippen molar-refractivity contribution in [3.63, 3.8) is 0 Å². The first kappa shape index (κ1) is 15.5. The highest BCUT2D eigenvalue weighted by molar-refractivity contribution is 5.93. The molecule has 0 spiro atoms. The number of carbonyl (C=O) groups excluding carboxylic acids is 1. The zero-order valence-electron chi connectivity index (χ0n) is 14.1. The highest BCUT2D eigenvalue weighted by Gasteiger charge is 2.50. The van der Waals surface area contributed by atoms with Gasteiger partial charge >= 0.3 is 0 Å². The number of rotatable bonds is 2. The molecule has 0 bridgehead atoms. The SMILES string of the molecule is Cn1cccc1C(=O)N1C[C@H]2CCC[C@](O)(c3ccccc3)[C@H]2C1. The smallest absolute Gasteiger partial charge is 0.270 e. The Morgan fingerprint density at radius 1 is 1.17 bits per heavy atom. The number of carbonyl (C=O) groups is 1. The topological polar surface area (TPSA) is 45.5 Å². The molecule has 1 aromatic heterocycles. The lowest BCUT2D eigenvalue weighted by Crippen LogP contribution is -2.43. The van der Waals surface area contributed by atoms with Crippen LogP contribution in [0.3, 0.4) is 0 Å². The van der Waals surface area contributed by atoms with E-state index in [1.807, 2.05) is 65.2 Å². The normalized spacial score (nSPS) is 29.5. The molecule has 3 atom stereocenters. The van der Waals surface area contributed by atoms with Crippen LogP contribution in [0.25, 0.3) is 0 Å². The van der Waals surface area contributed by atoms with E-state index in [9.17, 15) is 9.90 Å². The highest BCUT2D eigenvalue weighted by Crippen LogP contribution is 2.48. The summed E-state index contributed by atoms with van der Waals surface area (Å²) in [6.07, 6.45) is 4.79. The lowest BCUT2D eigenvalue weighted by atomic mass is 9.67. The minimum Gasteiger partial charge on any atom is -0.385 e. The van der Waals surface area contributed by atoms with Crippen LogP contribution < -0.4 is 0 Å². The molecule has 1 aliphatic carbocycles. The third kappa shape index (κ3) is 2.37. The summed E-state index contributed by atoms with van der Waals surface area (Å²) in [5.74, 6) is 0.582. The number of amides is 1. The first-order valence-electron chi connectivity index (χ1n) is 8.78. The van der Waals surface area contributed by atoms with Gasteiger partial charge < -0.3 is 14.6 Å². The number of hydrogen-bond acceptors (Lipinski definition) is 2. The summed E-state index contributed by atoms with van der Waals surface area (Å²) in [5.41, 5.74) is 0.901. The number of nitrogens with zero attached hydrogens (tertiary/aromatic N) is 2. The third-order valence-corrected chi connectivity index (χ3v) is 5.91. The molecular weight excluding hydrogens is 300 g/mol. The molecule has 126 valence electrons. The van der Waals surface area contributed by atoms with Crippen molar-refractivity contribution < 1.29 is 9.90 Å². The fourth-order valence-electron chi connectivity index (χ4n) is 4.62. The van der Waals surface area contributed by atoms with E-state index in [-0.39, 0.29) is 11.8 Å². The van der Waals surface area contributed by atoms with Crippen molar-refractivity contribution in [2.75, 3.05) is 13.1 Å². The van der Waals surface area contributed by atoms with E-state index in [1.54, 1.807) is 0 Å². The van der Waals surface area contributed by atoms with E-state index in [4.69, 9.17) is 0 Å². The lowest BCUT2D eigenvalue weighted by molar-refractivity contribution is -0.0644. The zero-order valence-corrected chi connectivity index (χ0v) is 14.1. The van der Waals surface area contributed by atoms with Gasteiger partial charge in [-0.3, -0.25) is 4.79 Å². The zero-order chi connectivity index (χ0) is 16.7. The molecule has 2 aromatic rings. The third-order valence-electron chi connectivity index (χ3n) is 5.91. The highest BCUT2D eigenvalue weighted by atomic mass is 16.3. The minimum atomic E-state index is -0.812. The molecule has 1 amide bonds. The molecule has 4 rings (SSSR count). The molecule has 4 nitrogen and oxygen atoms in total. The van der Waals surface area contributed by atoms with Crippen molar-refractivity contribution in [3.8, 4) is 0 Å². The lowest BCUT2D eigenvalue weighted by Gasteiger charge is -2.41. The fourth-order valence-corrected chi connectivity index (χ4v) is 4.62. The molecule has 1 aliphatic heterocycles. The molecule has 2 fully saturated rings. The number of likely N-dealkylation sites (tertiary alicyclic amines) is 1. The van der Waals surface area contributed by atoms with Gasteiger partial charge in [0.2, 0.25) is 0 Å². The molecule has 24 heavy (non-hydrogen) atoms. The van der Waals surface area contributed by atoms with E-state index >= 15 is 0 Å². The van der Waals surface area contributed by atoms with Crippen molar-refractivity contribution in [1.82, 2.24) is 9.47 Å². The van der Waals surface area contributed by atoms with Crippen LogP contribution in [-0.2, 0) is 12.6 Å². The molecule has 4 heteroatoms. The van der Waals surface area contributed by atoms with Crippen LogP contribution in [-0.4, -0.2) is 33.6 Å². The van der Waals surface area contributed by atoms with Gasteiger partial charge in [0.05, 0.1) is 5.60 Å². The van der Waals surface area contributed by atoms with Crippen LogP contribution in [0, 0.1) is 11.8 Å². The van der Waals surface area contributed by atoms with Gasteiger partial charge in [0, 0.05) is 32.3 Å². The predicted octanol–water partition coefficient (Wildman–Crippen LogP) is 2.79. The van der Waals surface area contributed by atoms with E-state index in [0.29, 0.717) is 12.5 Å². The van der Waals surface area contributed by atoms with E-state index in [0.717, 1.165) is 37.1 Å². The average Bonchev–Trinajstić information content (AvgIpc) is 3.22. The average molecular weight is 324 g/mol. The van der Waals surface area contributed by atoms with Gasteiger partial charge in [-0.15, -0.1) is 0 Å². The molecule has 1 saturated carbocycles. The largest absolute Gasteiger partial charge is 0.385 e. The minimum absolute atomic E-state index is 0.0762. The second-order valence-corrected chi connectivity index (χ2v) is 7.26. The first-order chi connectivity index (χ1) is 11.6. The molecular formula is C20H24N2O2. The van der Waals surface area contributed by atoms with Crippen molar-refractivity contribution in [3.05, 3.63) is 59.9 Å². The molecule has 1 aromatic carbocycles. The van der Waals surface area contributed by atoms with Gasteiger partial charge in [0.25, 0.3) is 5.91 Å². The second kappa shape index (κ2) is 5.78. The number of aliphatic hydroxyl groups is 1. The fraction of sp³-hybridized carbons (Fsp3) is 0.450. The van der Waals surface area contributed by atoms with Crippen LogP contribution in [0.1, 0.15) is 35.3 Å². The molecule has 2 heterocycles. The molecule has 0 radical (unpaired) electrons. The summed E-state index contributed by atoms with van der Waals surface area (Å²) >= 11 is 0. The Morgan fingerprint density at radius 3 is 2.67 bits per heavy atom. The van der Waals surface area contributed by atoms with Crippen molar-refractivity contribution in [1.29, 1.82) is 0 Å². The Hall–Kier alpha value is -2.07. The van der Waals surface area contributed by atoms with Gasteiger partial charge in [0.15, 0.2) is 0 Å². The van der Waals surface area contributed by atoms with E-state index < -0.39 is 5.60 Å². The monoisotopic (exact) mass is 324 g/mol. The summed E-state index contributed by atoms with van der Waals surface area (Å²) in [6, 6.07) is 13.8. The van der Waals surface area contributed by atoms with Crippen LogP contribution in [0.2, 0.25) is 0 Å². The van der Waals surface area contributed by atoms with Gasteiger partial charge in [-0.2, -0.15) is 0 Å². The standard InChI is InChI=1S/C20H24N2O2/c1-21-12-6-10-18(21)19(23)22-13-15-7-5-11-20(24,17(15)14-22)16-8-3-2-4-9-16/h2-4,6,8-10,12,15,17,24H,5,7,11,13-14H2,1H3/t15-,17+,20+/m1/s1. The molecule has 1 saturated heterocycles. The van der Waals surface area contributed by atoms with Gasteiger partial charge in [-0.25, -0.2) is 0 Å². The van der Waals surface area contributed by atoms with Crippen molar-refractivity contribution in [2.24, 2.45) is 18.9 Å². The van der Waals surface area contributed by atoms with Crippen LogP contribution >= 0.6 is 0 Å².